The van der Waals surface area contributed by atoms with E-state index in [0.717, 1.165) is 27.5 Å². The van der Waals surface area contributed by atoms with E-state index < -0.39 is 0 Å². The van der Waals surface area contributed by atoms with Crippen LogP contribution in [0.2, 0.25) is 0 Å². The smallest absolute Gasteiger partial charge is 0.319 e. The van der Waals surface area contributed by atoms with Gasteiger partial charge in [0.15, 0.2) is 0 Å². The normalized spacial score (nSPS) is 11.6. The summed E-state index contributed by atoms with van der Waals surface area (Å²) in [5.41, 5.74) is 5.04. The van der Waals surface area contributed by atoms with Crippen molar-refractivity contribution >= 4 is 21.9 Å². The Balaban J connectivity index is 1.86. The molecule has 174 valence electrons. The second-order valence-electron chi connectivity index (χ2n) is 7.47. The Hall–Kier alpha value is -4.98. The van der Waals surface area contributed by atoms with Gasteiger partial charge in [0.05, 0.1) is 61.5 Å². The highest BCUT2D eigenvalue weighted by atomic mass is 16.5. The van der Waals surface area contributed by atoms with Crippen molar-refractivity contribution in [3.05, 3.63) is 54.5 Å². The SMILES string of the molecule is COc1ccc(-n2/c(=N\C#N)n(C)c3cnc4ccc(-c5cnc(OC)nc5OC)cc4c32)cn1. The van der Waals surface area contributed by atoms with Gasteiger partial charge in [0.1, 0.15) is 0 Å². The summed E-state index contributed by atoms with van der Waals surface area (Å²) in [6.45, 7) is 0. The molecular weight excluding hydrogens is 448 g/mol. The summed E-state index contributed by atoms with van der Waals surface area (Å²) in [5.74, 6) is 0.866. The number of nitriles is 1. The van der Waals surface area contributed by atoms with Crippen molar-refractivity contribution in [2.45, 2.75) is 0 Å². The topological polar surface area (TPSA) is 125 Å². The maximum atomic E-state index is 9.40. The second-order valence-corrected chi connectivity index (χ2v) is 7.47. The molecule has 0 fully saturated rings. The van der Waals surface area contributed by atoms with Gasteiger partial charge < -0.3 is 18.8 Å². The van der Waals surface area contributed by atoms with E-state index >= 15 is 0 Å². The lowest BCUT2D eigenvalue weighted by atomic mass is 10.0. The first kappa shape index (κ1) is 21.8. The van der Waals surface area contributed by atoms with Crippen LogP contribution >= 0.6 is 0 Å². The first-order valence-corrected chi connectivity index (χ1v) is 10.5. The molecule has 4 aromatic heterocycles. The largest absolute Gasteiger partial charge is 0.481 e. The summed E-state index contributed by atoms with van der Waals surface area (Å²) in [4.78, 5) is 21.6. The molecule has 0 aliphatic carbocycles. The first-order valence-electron chi connectivity index (χ1n) is 10.5. The lowest BCUT2D eigenvalue weighted by Crippen LogP contribution is -2.22. The van der Waals surface area contributed by atoms with Crippen LogP contribution in [0, 0.1) is 11.5 Å². The van der Waals surface area contributed by atoms with Gasteiger partial charge in [0.2, 0.25) is 23.6 Å². The van der Waals surface area contributed by atoms with Gasteiger partial charge in [-0.25, -0.2) is 9.97 Å². The molecule has 0 saturated carbocycles. The zero-order valence-electron chi connectivity index (χ0n) is 19.4. The molecule has 11 heteroatoms. The van der Waals surface area contributed by atoms with Crippen molar-refractivity contribution in [3.8, 4) is 40.8 Å². The standard InChI is InChI=1S/C24H20N8O3/c1-31-19-12-26-18-7-5-14(17-11-28-23(35-4)30-22(17)34-3)9-16(18)21(19)32(24(31)29-13-25)15-6-8-20(33-2)27-10-15/h5-12H,1-4H3/b29-24-. The summed E-state index contributed by atoms with van der Waals surface area (Å²) in [5, 5.41) is 10.2. The van der Waals surface area contributed by atoms with E-state index in [1.807, 2.05) is 46.6 Å². The van der Waals surface area contributed by atoms with Gasteiger partial charge in [0, 0.05) is 24.7 Å². The minimum Gasteiger partial charge on any atom is -0.481 e. The molecule has 11 nitrogen and oxygen atoms in total. The van der Waals surface area contributed by atoms with E-state index in [0.29, 0.717) is 28.6 Å². The third kappa shape index (κ3) is 3.57. The lowest BCUT2D eigenvalue weighted by molar-refractivity contribution is 0.353. The third-order valence-corrected chi connectivity index (χ3v) is 5.66. The Labute approximate surface area is 199 Å². The van der Waals surface area contributed by atoms with E-state index in [-0.39, 0.29) is 6.01 Å². The number of rotatable bonds is 5. The van der Waals surface area contributed by atoms with Gasteiger partial charge in [-0.2, -0.15) is 10.2 Å². The molecule has 0 unspecified atom stereocenters. The molecule has 0 spiro atoms. The van der Waals surface area contributed by atoms with Crippen molar-refractivity contribution in [3.63, 3.8) is 0 Å². The van der Waals surface area contributed by atoms with Gasteiger partial charge >= 0.3 is 6.01 Å². The third-order valence-electron chi connectivity index (χ3n) is 5.66. The summed E-state index contributed by atoms with van der Waals surface area (Å²) in [7, 11) is 6.44. The predicted molar refractivity (Wildman–Crippen MR) is 127 cm³/mol. The van der Waals surface area contributed by atoms with Crippen molar-refractivity contribution in [1.29, 1.82) is 5.26 Å². The molecule has 0 bridgehead atoms. The number of fused-ring (bicyclic) bond motifs is 3. The van der Waals surface area contributed by atoms with Crippen LogP contribution in [0.1, 0.15) is 0 Å². The van der Waals surface area contributed by atoms with Crippen LogP contribution in [-0.4, -0.2) is 50.4 Å². The number of aromatic nitrogens is 6. The number of pyridine rings is 2. The maximum Gasteiger partial charge on any atom is 0.319 e. The van der Waals surface area contributed by atoms with Crippen LogP contribution in [0.5, 0.6) is 17.8 Å². The molecule has 1 aromatic carbocycles. The molecule has 0 radical (unpaired) electrons. The molecule has 0 N–H and O–H groups in total. The lowest BCUT2D eigenvalue weighted by Gasteiger charge is -2.11. The molecule has 5 rings (SSSR count). The summed E-state index contributed by atoms with van der Waals surface area (Å²) in [6.07, 6.45) is 6.99. The molecule has 5 aromatic rings. The van der Waals surface area contributed by atoms with Crippen molar-refractivity contribution in [2.75, 3.05) is 21.3 Å². The number of hydrogen-bond donors (Lipinski definition) is 0. The number of aryl methyl sites for hydroxylation is 1. The van der Waals surface area contributed by atoms with Gasteiger partial charge in [-0.15, -0.1) is 4.99 Å². The zero-order chi connectivity index (χ0) is 24.5. The molecule has 0 aliphatic heterocycles. The molecule has 4 heterocycles. The molecule has 0 atom stereocenters. The van der Waals surface area contributed by atoms with Gasteiger partial charge in [-0.1, -0.05) is 6.07 Å². The Morgan fingerprint density at radius 3 is 2.49 bits per heavy atom. The number of imidazole rings is 1. The van der Waals surface area contributed by atoms with Crippen LogP contribution in [0.15, 0.2) is 53.9 Å². The number of methoxy groups -OCH3 is 3. The fourth-order valence-electron chi connectivity index (χ4n) is 4.02. The quantitative estimate of drug-likeness (QED) is 0.361. The summed E-state index contributed by atoms with van der Waals surface area (Å²) >= 11 is 0. The Morgan fingerprint density at radius 1 is 0.943 bits per heavy atom. The molecule has 35 heavy (non-hydrogen) atoms. The van der Waals surface area contributed by atoms with Crippen LogP contribution in [0.25, 0.3) is 38.8 Å². The van der Waals surface area contributed by atoms with E-state index in [2.05, 4.69) is 24.9 Å². The van der Waals surface area contributed by atoms with E-state index in [1.165, 1.54) is 7.11 Å². The van der Waals surface area contributed by atoms with E-state index in [1.54, 1.807) is 38.9 Å². The van der Waals surface area contributed by atoms with Crippen LogP contribution in [0.3, 0.4) is 0 Å². The van der Waals surface area contributed by atoms with E-state index in [9.17, 15) is 5.26 Å². The highest BCUT2D eigenvalue weighted by Gasteiger charge is 2.18. The average Bonchev–Trinajstić information content (AvgIpc) is 3.19. The Morgan fingerprint density at radius 2 is 1.80 bits per heavy atom. The minimum absolute atomic E-state index is 0.214. The Kier molecular flexibility index (Phi) is 5.46. The van der Waals surface area contributed by atoms with Crippen molar-refractivity contribution < 1.29 is 14.2 Å². The molecule has 0 saturated heterocycles. The number of benzene rings is 1. The fraction of sp³-hybridized carbons (Fsp3) is 0.167. The second kappa shape index (κ2) is 8.75. The molecule has 0 aliphatic rings. The van der Waals surface area contributed by atoms with Gasteiger partial charge in [-0.05, 0) is 23.8 Å². The van der Waals surface area contributed by atoms with Gasteiger partial charge in [-0.3, -0.25) is 9.55 Å². The summed E-state index contributed by atoms with van der Waals surface area (Å²) < 4.78 is 19.5. The zero-order valence-corrected chi connectivity index (χ0v) is 19.4. The van der Waals surface area contributed by atoms with Gasteiger partial charge in [0.25, 0.3) is 0 Å². The molecular formula is C24H20N8O3. The number of nitrogens with zero attached hydrogens (tertiary/aromatic N) is 8. The van der Waals surface area contributed by atoms with Crippen molar-refractivity contribution in [2.24, 2.45) is 12.0 Å². The average molecular weight is 468 g/mol. The first-order chi connectivity index (χ1) is 17.1. The van der Waals surface area contributed by atoms with Crippen LogP contribution in [-0.2, 0) is 7.05 Å². The minimum atomic E-state index is 0.214. The monoisotopic (exact) mass is 468 g/mol. The Bertz CT molecular complexity index is 1680. The highest BCUT2D eigenvalue weighted by molar-refractivity contribution is 6.04. The molecule has 0 amide bonds. The predicted octanol–water partition coefficient (Wildman–Crippen LogP) is 2.78. The number of ether oxygens (including phenoxy) is 3. The number of hydrogen-bond acceptors (Lipinski definition) is 9. The van der Waals surface area contributed by atoms with Crippen LogP contribution in [0.4, 0.5) is 0 Å². The fourth-order valence-corrected chi connectivity index (χ4v) is 4.02. The van der Waals surface area contributed by atoms with Crippen LogP contribution < -0.4 is 19.8 Å². The van der Waals surface area contributed by atoms with E-state index in [4.69, 9.17) is 14.2 Å². The summed E-state index contributed by atoms with van der Waals surface area (Å²) in [6, 6.07) is 9.66. The highest BCUT2D eigenvalue weighted by Crippen LogP contribution is 2.33. The maximum absolute atomic E-state index is 9.40. The van der Waals surface area contributed by atoms with Crippen molar-refractivity contribution in [1.82, 2.24) is 29.1 Å².